The Labute approximate surface area is 83.6 Å². The zero-order valence-corrected chi connectivity index (χ0v) is 9.30. The smallest absolute Gasteiger partial charge is 0.388 e. The van der Waals surface area contributed by atoms with E-state index in [1.165, 1.54) is 6.92 Å². The lowest BCUT2D eigenvalue weighted by molar-refractivity contribution is -0.165. The zero-order valence-electron chi connectivity index (χ0n) is 8.40. The summed E-state index contributed by atoms with van der Waals surface area (Å²) in [7, 11) is -2.90. The Morgan fingerprint density at radius 3 is 2.14 bits per heavy atom. The Balaban J connectivity index is 4.79. The van der Waals surface area contributed by atoms with Crippen molar-refractivity contribution >= 4 is 14.0 Å². The molecule has 0 aliphatic rings. The maximum Gasteiger partial charge on any atom is 0.388 e. The van der Waals surface area contributed by atoms with Gasteiger partial charge in [0.1, 0.15) is 5.57 Å². The van der Waals surface area contributed by atoms with E-state index in [0.717, 1.165) is 0 Å². The van der Waals surface area contributed by atoms with E-state index in [2.05, 4.69) is 4.74 Å². The van der Waals surface area contributed by atoms with Crippen molar-refractivity contribution in [2.75, 3.05) is 13.2 Å². The molecule has 0 bridgehead atoms. The third-order valence-electron chi connectivity index (χ3n) is 1.35. The average Bonchev–Trinajstić information content (AvgIpc) is 2.13. The van der Waals surface area contributed by atoms with Crippen LogP contribution in [0, 0.1) is 0 Å². The second-order valence-corrected chi connectivity index (χ2v) is 3.26. The second-order valence-electron chi connectivity index (χ2n) is 2.34. The minimum Gasteiger partial charge on any atom is -0.588 e. The van der Waals surface area contributed by atoms with Crippen molar-refractivity contribution in [1.82, 2.24) is 0 Å². The monoisotopic (exact) mass is 220 g/mol. The Morgan fingerprint density at radius 2 is 1.79 bits per heavy atom. The van der Waals surface area contributed by atoms with E-state index in [9.17, 15) is 14.3 Å². The van der Waals surface area contributed by atoms with Crippen LogP contribution in [0.1, 0.15) is 20.8 Å². The van der Waals surface area contributed by atoms with Gasteiger partial charge >= 0.3 is 19.5 Å². The van der Waals surface area contributed by atoms with Gasteiger partial charge in [-0.1, -0.05) is 4.57 Å². The fourth-order valence-electron chi connectivity index (χ4n) is 0.761. The van der Waals surface area contributed by atoms with Crippen LogP contribution in [-0.2, 0) is 18.8 Å². The summed E-state index contributed by atoms with van der Waals surface area (Å²) in [6, 6.07) is 0. The van der Waals surface area contributed by atoms with Crippen LogP contribution in [0.2, 0.25) is 0 Å². The quantitative estimate of drug-likeness (QED) is 0.298. The summed E-state index contributed by atoms with van der Waals surface area (Å²) >= 11 is 0. The van der Waals surface area contributed by atoms with E-state index in [-0.39, 0.29) is 24.3 Å². The number of carbonyl (C=O) groups is 1. The summed E-state index contributed by atoms with van der Waals surface area (Å²) in [5, 5.41) is 0. The van der Waals surface area contributed by atoms with Crippen LogP contribution in [0.4, 0.5) is 0 Å². The van der Waals surface area contributed by atoms with Crippen LogP contribution < -0.4 is 4.89 Å². The molecule has 0 aromatic heterocycles. The number of hydrogen-bond donors (Lipinski definition) is 0. The van der Waals surface area contributed by atoms with Crippen LogP contribution >= 0.6 is 8.03 Å². The van der Waals surface area contributed by atoms with Gasteiger partial charge in [0.2, 0.25) is 0 Å². The number of esters is 1. The Bertz CT molecular complexity index is 258. The predicted octanol–water partition coefficient (Wildman–Crippen LogP) is 0.920. The van der Waals surface area contributed by atoms with Gasteiger partial charge in [0, 0.05) is 0 Å². The minimum absolute atomic E-state index is 0.0233. The third-order valence-corrected chi connectivity index (χ3v) is 2.15. The van der Waals surface area contributed by atoms with Crippen molar-refractivity contribution in [2.24, 2.45) is 0 Å². The predicted molar refractivity (Wildman–Crippen MR) is 48.6 cm³/mol. The van der Waals surface area contributed by atoms with Gasteiger partial charge in [0.25, 0.3) is 0 Å². The SMILES string of the molecule is CCOC(=O)/C(C)=C(/OCC)[P+](=O)[O-]. The molecule has 0 spiro atoms. The molecule has 1 atom stereocenters. The van der Waals surface area contributed by atoms with E-state index in [1.54, 1.807) is 13.8 Å². The molecule has 0 aromatic carbocycles. The highest BCUT2D eigenvalue weighted by molar-refractivity contribution is 7.41. The Hall–Kier alpha value is -0.930. The van der Waals surface area contributed by atoms with Gasteiger partial charge < -0.3 is 14.4 Å². The van der Waals surface area contributed by atoms with E-state index in [1.807, 2.05) is 0 Å². The first-order chi connectivity index (χ1) is 6.54. The molecular weight excluding hydrogens is 207 g/mol. The third kappa shape index (κ3) is 3.85. The fourth-order valence-corrected chi connectivity index (χ4v) is 1.36. The molecule has 0 saturated carbocycles. The fraction of sp³-hybridized carbons (Fsp3) is 0.625. The van der Waals surface area contributed by atoms with Crippen molar-refractivity contribution in [3.05, 3.63) is 11.1 Å². The van der Waals surface area contributed by atoms with Crippen LogP contribution in [0.15, 0.2) is 11.1 Å². The molecule has 1 unspecified atom stereocenters. The topological polar surface area (TPSA) is 75.7 Å². The highest BCUT2D eigenvalue weighted by Gasteiger charge is 2.23. The van der Waals surface area contributed by atoms with Crippen LogP contribution in [0.3, 0.4) is 0 Å². The van der Waals surface area contributed by atoms with Crippen molar-refractivity contribution in [2.45, 2.75) is 20.8 Å². The average molecular weight is 220 g/mol. The standard InChI is InChI=1S/C8H13O5P/c1-4-12-7(9)6(3)8(13-5-2)14(10)11/h4-5H2,1-3H3/b8-6-. The van der Waals surface area contributed by atoms with E-state index in [0.29, 0.717) is 0 Å². The molecule has 0 fully saturated rings. The lowest BCUT2D eigenvalue weighted by atomic mass is 10.3. The maximum atomic E-state index is 11.1. The van der Waals surface area contributed by atoms with E-state index >= 15 is 0 Å². The van der Waals surface area contributed by atoms with Gasteiger partial charge in [-0.05, 0) is 20.8 Å². The van der Waals surface area contributed by atoms with Gasteiger partial charge in [0.05, 0.1) is 13.2 Å². The van der Waals surface area contributed by atoms with Gasteiger partial charge in [-0.15, -0.1) is 0 Å². The molecule has 0 rings (SSSR count). The van der Waals surface area contributed by atoms with E-state index < -0.39 is 14.0 Å². The molecule has 0 amide bonds. The molecule has 6 heteroatoms. The van der Waals surface area contributed by atoms with Crippen LogP contribution in [0.5, 0.6) is 0 Å². The summed E-state index contributed by atoms with van der Waals surface area (Å²) in [6.45, 7) is 5.02. The number of hydrogen-bond acceptors (Lipinski definition) is 5. The summed E-state index contributed by atoms with van der Waals surface area (Å²) < 4.78 is 20.1. The van der Waals surface area contributed by atoms with Crippen molar-refractivity contribution in [3.8, 4) is 0 Å². The zero-order chi connectivity index (χ0) is 11.1. The highest BCUT2D eigenvalue weighted by atomic mass is 31.1. The van der Waals surface area contributed by atoms with Crippen LogP contribution in [0.25, 0.3) is 0 Å². The highest BCUT2D eigenvalue weighted by Crippen LogP contribution is 2.27. The van der Waals surface area contributed by atoms with Gasteiger partial charge in [-0.2, -0.15) is 0 Å². The molecule has 0 aliphatic carbocycles. The Kier molecular flexibility index (Phi) is 6.08. The molecule has 5 nitrogen and oxygen atoms in total. The number of rotatable bonds is 5. The lowest BCUT2D eigenvalue weighted by Crippen LogP contribution is -2.09. The molecular formula is C8H13O5P. The molecule has 0 radical (unpaired) electrons. The van der Waals surface area contributed by atoms with Crippen molar-refractivity contribution in [1.29, 1.82) is 0 Å². The largest absolute Gasteiger partial charge is 0.588 e. The number of ether oxygens (including phenoxy) is 2. The molecule has 80 valence electrons. The van der Waals surface area contributed by atoms with Gasteiger partial charge in [0.15, 0.2) is 0 Å². The Morgan fingerprint density at radius 1 is 1.29 bits per heavy atom. The summed E-state index contributed by atoms with van der Waals surface area (Å²) in [6.07, 6.45) is 0. The molecule has 14 heavy (non-hydrogen) atoms. The van der Waals surface area contributed by atoms with E-state index in [4.69, 9.17) is 4.74 Å². The summed E-state index contributed by atoms with van der Waals surface area (Å²) in [5.74, 6) is -0.671. The minimum atomic E-state index is -2.90. The first-order valence-corrected chi connectivity index (χ1v) is 5.37. The molecule has 0 aliphatic heterocycles. The maximum absolute atomic E-state index is 11.1. The van der Waals surface area contributed by atoms with Crippen molar-refractivity contribution < 1.29 is 23.7 Å². The molecule has 0 aromatic rings. The first kappa shape index (κ1) is 13.1. The summed E-state index contributed by atoms with van der Waals surface area (Å²) in [5.41, 5.74) is -0.342. The molecule has 0 N–H and O–H groups in total. The molecule has 0 saturated heterocycles. The van der Waals surface area contributed by atoms with Crippen molar-refractivity contribution in [3.63, 3.8) is 0 Å². The van der Waals surface area contributed by atoms with Gasteiger partial charge in [-0.3, -0.25) is 0 Å². The second kappa shape index (κ2) is 6.51. The van der Waals surface area contributed by atoms with Crippen LogP contribution in [-0.4, -0.2) is 19.2 Å². The lowest BCUT2D eigenvalue weighted by Gasteiger charge is -2.04. The summed E-state index contributed by atoms with van der Waals surface area (Å²) in [4.78, 5) is 21.8. The van der Waals surface area contributed by atoms with Gasteiger partial charge in [-0.25, -0.2) is 4.79 Å². The normalized spacial score (nSPS) is 13.0. The first-order valence-electron chi connectivity index (χ1n) is 4.19. The number of carbonyl (C=O) groups excluding carboxylic acids is 1. The molecule has 0 heterocycles.